The molecule has 0 aromatic heterocycles. The first-order valence-electron chi connectivity index (χ1n) is 25.7. The second-order valence-electron chi connectivity index (χ2n) is 17.7. The zero-order valence-corrected chi connectivity index (χ0v) is 41.2. The second kappa shape index (κ2) is 40.3. The first-order valence-corrected chi connectivity index (χ1v) is 25.7. The molecule has 0 spiro atoms. The van der Waals surface area contributed by atoms with Gasteiger partial charge in [-0.2, -0.15) is 0 Å². The van der Waals surface area contributed by atoms with E-state index >= 15 is 0 Å². The zero-order valence-electron chi connectivity index (χ0n) is 39.7. The van der Waals surface area contributed by atoms with E-state index in [2.05, 4.69) is 83.2 Å². The summed E-state index contributed by atoms with van der Waals surface area (Å²) in [6, 6.07) is 13.6. The van der Waals surface area contributed by atoms with E-state index in [1.165, 1.54) is 202 Å². The fourth-order valence-electron chi connectivity index (χ4n) is 8.59. The van der Waals surface area contributed by atoms with Gasteiger partial charge in [-0.1, -0.05) is 239 Å². The Bertz CT molecular complexity index is 1340. The van der Waals surface area contributed by atoms with E-state index in [4.69, 9.17) is 9.98 Å². The Kier molecular flexibility index (Phi) is 37.7. The molecule has 3 heteroatoms. The third kappa shape index (κ3) is 29.2. The maximum absolute atomic E-state index is 5.14. The van der Waals surface area contributed by atoms with Crippen LogP contribution in [0.3, 0.4) is 0 Å². The molecule has 0 radical (unpaired) electrons. The summed E-state index contributed by atoms with van der Waals surface area (Å²) in [5, 5.41) is 0. The molecule has 0 aliphatic carbocycles. The number of hydrogen-bond donors (Lipinski definition) is 0. The third-order valence-electron chi connectivity index (χ3n) is 12.1. The van der Waals surface area contributed by atoms with Crippen LogP contribution in [0.4, 0.5) is 11.4 Å². The molecule has 0 N–H and O–H groups in total. The van der Waals surface area contributed by atoms with Crippen molar-refractivity contribution in [2.24, 2.45) is 9.98 Å². The van der Waals surface area contributed by atoms with Crippen LogP contribution in [0.15, 0.2) is 58.5 Å². The van der Waals surface area contributed by atoms with Crippen LogP contribution in [0.25, 0.3) is 0 Å². The minimum absolute atomic E-state index is 0. The number of nitrogens with zero attached hydrogens (tertiary/aromatic N) is 2. The number of aryl methyl sites for hydroxylation is 4. The van der Waals surface area contributed by atoms with Crippen molar-refractivity contribution in [1.82, 2.24) is 0 Å². The largest absolute Gasteiger partial charge is 0.255 e. The minimum Gasteiger partial charge on any atom is -0.255 e. The normalized spacial score (nSPS) is 12.0. The summed E-state index contributed by atoms with van der Waals surface area (Å²) in [5.74, 6) is 0. The molecule has 0 fully saturated rings. The monoisotopic (exact) mass is 901 g/mol. The summed E-state index contributed by atoms with van der Waals surface area (Å²) in [4.78, 5) is 10.1. The quantitative estimate of drug-likeness (QED) is 0.0363. The van der Waals surface area contributed by atoms with Crippen LogP contribution in [-0.4, -0.2) is 11.9 Å². The topological polar surface area (TPSA) is 24.7 Å². The third-order valence-corrected chi connectivity index (χ3v) is 12.1. The van der Waals surface area contributed by atoms with Crippen LogP contribution in [-0.2, 0) is 46.1 Å². The molecule has 338 valence electrons. The van der Waals surface area contributed by atoms with Crippen molar-refractivity contribution in [3.05, 3.63) is 70.8 Å². The number of allylic oxidation sites excluding steroid dienone is 2. The Balaban J connectivity index is 0.0000174. The first kappa shape index (κ1) is 55.2. The average Bonchev–Trinajstić information content (AvgIpc) is 3.23. The maximum atomic E-state index is 5.14. The Hall–Kier alpha value is -1.82. The van der Waals surface area contributed by atoms with E-state index in [9.17, 15) is 0 Å². The molecule has 0 saturated carbocycles. The molecule has 0 aliphatic heterocycles. The number of unbranched alkanes of at least 4 members (excludes halogenated alkanes) is 26. The summed E-state index contributed by atoms with van der Waals surface area (Å²) in [5.41, 5.74) is 8.87. The van der Waals surface area contributed by atoms with Gasteiger partial charge in [0.2, 0.25) is 0 Å². The van der Waals surface area contributed by atoms with Gasteiger partial charge in [0, 0.05) is 20.4 Å². The van der Waals surface area contributed by atoms with Crippen molar-refractivity contribution in [3.8, 4) is 0 Å². The summed E-state index contributed by atoms with van der Waals surface area (Å²) in [6.07, 6.45) is 54.2. The predicted octanol–water partition coefficient (Wildman–Crippen LogP) is 19.1. The van der Waals surface area contributed by atoms with Crippen molar-refractivity contribution in [3.63, 3.8) is 0 Å². The Morgan fingerprint density at radius 2 is 0.729 bits per heavy atom. The Labute approximate surface area is 381 Å². The van der Waals surface area contributed by atoms with E-state index in [-0.39, 0.29) is 20.4 Å². The van der Waals surface area contributed by atoms with Crippen LogP contribution in [0.1, 0.15) is 256 Å². The molecule has 0 bridgehead atoms. The van der Waals surface area contributed by atoms with Gasteiger partial charge in [-0.25, -0.2) is 4.99 Å². The molecule has 0 amide bonds. The predicted molar refractivity (Wildman–Crippen MR) is 264 cm³/mol. The van der Waals surface area contributed by atoms with Crippen LogP contribution in [0, 0.1) is 0 Å². The van der Waals surface area contributed by atoms with Crippen molar-refractivity contribution in [1.29, 1.82) is 0 Å². The van der Waals surface area contributed by atoms with Gasteiger partial charge in [0.25, 0.3) is 0 Å². The van der Waals surface area contributed by atoms with Crippen LogP contribution in [0.2, 0.25) is 0 Å². The van der Waals surface area contributed by atoms with Crippen molar-refractivity contribution in [2.75, 3.05) is 0 Å². The van der Waals surface area contributed by atoms with E-state index < -0.39 is 0 Å². The fourth-order valence-corrected chi connectivity index (χ4v) is 8.59. The molecular formula is C56H94N2Pd. The van der Waals surface area contributed by atoms with Gasteiger partial charge in [-0.15, -0.1) is 0 Å². The number of rotatable bonds is 39. The zero-order chi connectivity index (χ0) is 41.6. The molecule has 0 aliphatic rings. The van der Waals surface area contributed by atoms with Gasteiger partial charge in [0.15, 0.2) is 0 Å². The van der Waals surface area contributed by atoms with Gasteiger partial charge < -0.3 is 0 Å². The molecule has 0 saturated heterocycles. The molecule has 2 rings (SSSR count). The number of hydrogen-bond acceptors (Lipinski definition) is 2. The molecule has 2 aromatic carbocycles. The SMILES string of the molecule is CCCCCCCCCCCCCCCCCCCCCCCCCCCC/C=C/C(/C=N/c1ccc(CCC)c(CCC)c1)=N\c1ccc(CCC)c(CCC)c1.[Pd]. The van der Waals surface area contributed by atoms with Crippen molar-refractivity contribution >= 4 is 23.3 Å². The summed E-state index contributed by atoms with van der Waals surface area (Å²) >= 11 is 0. The minimum atomic E-state index is 0. The van der Waals surface area contributed by atoms with E-state index in [1.807, 2.05) is 6.21 Å². The van der Waals surface area contributed by atoms with Crippen LogP contribution < -0.4 is 0 Å². The number of aliphatic imine (C=N–C) groups is 2. The maximum Gasteiger partial charge on any atom is 0.0816 e. The van der Waals surface area contributed by atoms with Gasteiger partial charge >= 0.3 is 0 Å². The average molecular weight is 902 g/mol. The summed E-state index contributed by atoms with van der Waals surface area (Å²) in [7, 11) is 0. The standard InChI is InChI=1S/C56H94N2.Pd/c1-6-11-12-13-14-15-16-17-18-19-20-21-22-23-24-25-26-27-28-29-30-31-32-33-34-35-36-37-42-56(58-55-46-44-51(39-8-3)53(48-55)41-10-5)49-57-54-45-43-50(38-7-2)52(47-54)40-9-4;/h37,42-49H,6-36,38-41H2,1-5H3;/b42-37+,57-49+,58-56+;. The van der Waals surface area contributed by atoms with Gasteiger partial charge in [0.05, 0.1) is 23.3 Å². The Morgan fingerprint density at radius 1 is 0.390 bits per heavy atom. The van der Waals surface area contributed by atoms with Crippen molar-refractivity contribution in [2.45, 2.75) is 259 Å². The fraction of sp³-hybridized carbons (Fsp3) is 0.714. The van der Waals surface area contributed by atoms with Gasteiger partial charge in [-0.3, -0.25) is 4.99 Å². The summed E-state index contributed by atoms with van der Waals surface area (Å²) in [6.45, 7) is 11.4. The molecule has 0 heterocycles. The first-order chi connectivity index (χ1) is 28.6. The molecule has 2 aromatic rings. The number of benzene rings is 2. The van der Waals surface area contributed by atoms with Crippen LogP contribution >= 0.6 is 0 Å². The summed E-state index contributed by atoms with van der Waals surface area (Å²) < 4.78 is 0. The van der Waals surface area contributed by atoms with Crippen molar-refractivity contribution < 1.29 is 20.4 Å². The van der Waals surface area contributed by atoms with Gasteiger partial charge in [-0.05, 0) is 91.1 Å². The van der Waals surface area contributed by atoms with Gasteiger partial charge in [0.1, 0.15) is 0 Å². The van der Waals surface area contributed by atoms with E-state index in [0.29, 0.717) is 0 Å². The second-order valence-corrected chi connectivity index (χ2v) is 17.7. The smallest absolute Gasteiger partial charge is 0.0816 e. The molecular weight excluding hydrogens is 807 g/mol. The van der Waals surface area contributed by atoms with Crippen LogP contribution in [0.5, 0.6) is 0 Å². The molecule has 0 unspecified atom stereocenters. The van der Waals surface area contributed by atoms with E-state index in [0.717, 1.165) is 62.0 Å². The molecule has 0 atom stereocenters. The molecule has 2 nitrogen and oxygen atoms in total. The van der Waals surface area contributed by atoms with E-state index in [1.54, 1.807) is 0 Å². The molecule has 59 heavy (non-hydrogen) atoms. The Morgan fingerprint density at radius 3 is 1.12 bits per heavy atom.